The third-order valence-corrected chi connectivity index (χ3v) is 2.95. The van der Waals surface area contributed by atoms with Crippen molar-refractivity contribution in [2.24, 2.45) is 5.92 Å². The van der Waals surface area contributed by atoms with E-state index in [4.69, 9.17) is 9.47 Å². The van der Waals surface area contributed by atoms with Crippen LogP contribution in [-0.2, 0) is 9.47 Å². The summed E-state index contributed by atoms with van der Waals surface area (Å²) in [6.45, 7) is 8.47. The summed E-state index contributed by atoms with van der Waals surface area (Å²) in [4.78, 5) is 0. The van der Waals surface area contributed by atoms with Gasteiger partial charge in [-0.15, -0.1) is 0 Å². The van der Waals surface area contributed by atoms with E-state index in [1.807, 2.05) is 13.8 Å². The highest BCUT2D eigenvalue weighted by Gasteiger charge is 2.22. The predicted molar refractivity (Wildman–Crippen MR) is 64.5 cm³/mol. The van der Waals surface area contributed by atoms with E-state index in [0.29, 0.717) is 12.0 Å². The maximum Gasteiger partial charge on any atom is 0.104 e. The van der Waals surface area contributed by atoms with Gasteiger partial charge >= 0.3 is 0 Å². The second kappa shape index (κ2) is 6.58. The number of aliphatic hydroxyl groups is 1. The van der Waals surface area contributed by atoms with Gasteiger partial charge in [-0.2, -0.15) is 0 Å². The normalized spacial score (nSPS) is 22.1. The van der Waals surface area contributed by atoms with Crippen molar-refractivity contribution in [3.8, 4) is 0 Å². The van der Waals surface area contributed by atoms with Crippen LogP contribution in [0.1, 0.15) is 46.5 Å². The molecule has 0 bridgehead atoms. The molecule has 1 saturated heterocycles. The van der Waals surface area contributed by atoms with Crippen molar-refractivity contribution >= 4 is 0 Å². The maximum absolute atomic E-state index is 9.57. The molecule has 1 aliphatic heterocycles. The van der Waals surface area contributed by atoms with Crippen LogP contribution in [-0.4, -0.2) is 36.6 Å². The molecule has 0 radical (unpaired) electrons. The van der Waals surface area contributed by atoms with Gasteiger partial charge in [0.1, 0.15) is 6.10 Å². The first-order valence-electron chi connectivity index (χ1n) is 6.39. The topological polar surface area (TPSA) is 42.0 Å². The van der Waals surface area contributed by atoms with Gasteiger partial charge in [0.05, 0.1) is 18.8 Å². The number of ether oxygens (including phenoxy) is 2. The van der Waals surface area contributed by atoms with Crippen LogP contribution in [0.15, 0.2) is 0 Å². The van der Waals surface area contributed by atoms with Gasteiger partial charge in [-0.1, -0.05) is 19.8 Å². The number of rotatable bonds is 9. The summed E-state index contributed by atoms with van der Waals surface area (Å²) in [5, 5.41) is 9.57. The standard InChI is InChI=1S/C13H26O3/c1-11(5-4-7-13(2,3)14)6-8-15-9-12-10-16-12/h11-12,14H,4-10H2,1-3H3. The average Bonchev–Trinajstić information content (AvgIpc) is 2.94. The molecule has 1 rings (SSSR count). The molecule has 2 atom stereocenters. The smallest absolute Gasteiger partial charge is 0.104 e. The predicted octanol–water partition coefficient (Wildman–Crippen LogP) is 2.37. The number of epoxide rings is 1. The summed E-state index contributed by atoms with van der Waals surface area (Å²) >= 11 is 0. The first-order chi connectivity index (χ1) is 7.47. The van der Waals surface area contributed by atoms with Crippen molar-refractivity contribution in [3.05, 3.63) is 0 Å². The summed E-state index contributed by atoms with van der Waals surface area (Å²) in [7, 11) is 0. The van der Waals surface area contributed by atoms with Gasteiger partial charge in [-0.05, 0) is 32.6 Å². The van der Waals surface area contributed by atoms with Crippen molar-refractivity contribution < 1.29 is 14.6 Å². The number of hydrogen-bond donors (Lipinski definition) is 1. The third kappa shape index (κ3) is 8.08. The fourth-order valence-electron chi connectivity index (χ4n) is 1.69. The minimum atomic E-state index is -0.514. The van der Waals surface area contributed by atoms with E-state index in [2.05, 4.69) is 6.92 Å². The van der Waals surface area contributed by atoms with Crippen molar-refractivity contribution in [1.29, 1.82) is 0 Å². The van der Waals surface area contributed by atoms with E-state index < -0.39 is 5.60 Å². The van der Waals surface area contributed by atoms with Gasteiger partial charge in [0.25, 0.3) is 0 Å². The van der Waals surface area contributed by atoms with Crippen LogP contribution in [0.2, 0.25) is 0 Å². The molecule has 0 aliphatic carbocycles. The Morgan fingerprint density at radius 3 is 2.69 bits per heavy atom. The summed E-state index contributed by atoms with van der Waals surface area (Å²) in [6, 6.07) is 0. The lowest BCUT2D eigenvalue weighted by atomic mass is 9.95. The highest BCUT2D eigenvalue weighted by Crippen LogP contribution is 2.18. The van der Waals surface area contributed by atoms with Crippen LogP contribution in [0.3, 0.4) is 0 Å². The molecule has 1 N–H and O–H groups in total. The van der Waals surface area contributed by atoms with Crippen LogP contribution >= 0.6 is 0 Å². The molecule has 0 spiro atoms. The lowest BCUT2D eigenvalue weighted by Gasteiger charge is -2.18. The second-order valence-electron chi connectivity index (χ2n) is 5.63. The van der Waals surface area contributed by atoms with Gasteiger partial charge in [0.15, 0.2) is 0 Å². The molecule has 0 amide bonds. The highest BCUT2D eigenvalue weighted by molar-refractivity contribution is 4.68. The van der Waals surface area contributed by atoms with Gasteiger partial charge in [0.2, 0.25) is 0 Å². The van der Waals surface area contributed by atoms with E-state index in [1.54, 1.807) is 0 Å². The van der Waals surface area contributed by atoms with Crippen molar-refractivity contribution in [3.63, 3.8) is 0 Å². The molecule has 0 aromatic heterocycles. The first-order valence-corrected chi connectivity index (χ1v) is 6.39. The Balaban J connectivity index is 1.87. The zero-order valence-electron chi connectivity index (χ0n) is 10.9. The van der Waals surface area contributed by atoms with Gasteiger partial charge in [-0.3, -0.25) is 0 Å². The Kier molecular flexibility index (Phi) is 5.73. The fraction of sp³-hybridized carbons (Fsp3) is 1.00. The molecular formula is C13H26O3. The molecule has 1 fully saturated rings. The molecule has 1 aliphatic rings. The van der Waals surface area contributed by atoms with Gasteiger partial charge < -0.3 is 14.6 Å². The second-order valence-corrected chi connectivity index (χ2v) is 5.63. The zero-order chi connectivity index (χ0) is 12.0. The van der Waals surface area contributed by atoms with Gasteiger partial charge in [0, 0.05) is 6.61 Å². The molecule has 0 saturated carbocycles. The van der Waals surface area contributed by atoms with Gasteiger partial charge in [-0.25, -0.2) is 0 Å². The van der Waals surface area contributed by atoms with Crippen LogP contribution in [0.4, 0.5) is 0 Å². The molecule has 16 heavy (non-hydrogen) atoms. The third-order valence-electron chi connectivity index (χ3n) is 2.95. The summed E-state index contributed by atoms with van der Waals surface area (Å²) in [5.74, 6) is 0.683. The van der Waals surface area contributed by atoms with Crippen molar-refractivity contribution in [1.82, 2.24) is 0 Å². The molecule has 0 aromatic rings. The zero-order valence-corrected chi connectivity index (χ0v) is 10.9. The minimum absolute atomic E-state index is 0.380. The maximum atomic E-state index is 9.57. The average molecular weight is 230 g/mol. The Bertz CT molecular complexity index is 182. The first kappa shape index (κ1) is 13.9. The van der Waals surface area contributed by atoms with Crippen molar-refractivity contribution in [2.75, 3.05) is 19.8 Å². The Morgan fingerprint density at radius 2 is 2.12 bits per heavy atom. The fourth-order valence-corrected chi connectivity index (χ4v) is 1.69. The molecule has 2 unspecified atom stereocenters. The van der Waals surface area contributed by atoms with Crippen LogP contribution in [0.25, 0.3) is 0 Å². The van der Waals surface area contributed by atoms with Crippen LogP contribution in [0, 0.1) is 5.92 Å². The lowest BCUT2D eigenvalue weighted by Crippen LogP contribution is -2.18. The minimum Gasteiger partial charge on any atom is -0.390 e. The van der Waals surface area contributed by atoms with E-state index in [1.165, 1.54) is 6.42 Å². The molecule has 96 valence electrons. The van der Waals surface area contributed by atoms with E-state index in [-0.39, 0.29) is 0 Å². The van der Waals surface area contributed by atoms with E-state index in [9.17, 15) is 5.11 Å². The van der Waals surface area contributed by atoms with E-state index >= 15 is 0 Å². The van der Waals surface area contributed by atoms with Crippen LogP contribution < -0.4 is 0 Å². The quantitative estimate of drug-likeness (QED) is 0.488. The lowest BCUT2D eigenvalue weighted by molar-refractivity contribution is 0.0655. The Morgan fingerprint density at radius 1 is 1.44 bits per heavy atom. The van der Waals surface area contributed by atoms with Crippen LogP contribution in [0.5, 0.6) is 0 Å². The highest BCUT2D eigenvalue weighted by atomic mass is 16.6. The summed E-state index contributed by atoms with van der Waals surface area (Å²) < 4.78 is 10.6. The molecular weight excluding hydrogens is 204 g/mol. The summed E-state index contributed by atoms with van der Waals surface area (Å²) in [6.07, 6.45) is 4.64. The summed E-state index contributed by atoms with van der Waals surface area (Å²) in [5.41, 5.74) is -0.514. The van der Waals surface area contributed by atoms with E-state index in [0.717, 1.165) is 39.1 Å². The molecule has 0 aromatic carbocycles. The monoisotopic (exact) mass is 230 g/mol. The van der Waals surface area contributed by atoms with Crippen molar-refractivity contribution in [2.45, 2.75) is 58.2 Å². The molecule has 1 heterocycles. The Hall–Kier alpha value is -0.120. The molecule has 3 nitrogen and oxygen atoms in total. The Labute approximate surface area is 99.1 Å². The number of hydrogen-bond acceptors (Lipinski definition) is 3. The largest absolute Gasteiger partial charge is 0.390 e. The SMILES string of the molecule is CC(CCCC(C)(C)O)CCOCC1CO1. The molecule has 3 heteroatoms.